The van der Waals surface area contributed by atoms with Crippen molar-refractivity contribution in [3.05, 3.63) is 53.6 Å². The summed E-state index contributed by atoms with van der Waals surface area (Å²) >= 11 is 6.11. The Labute approximate surface area is 138 Å². The minimum Gasteiger partial charge on any atom is -0.334 e. The Hall–Kier alpha value is -2.38. The number of halogens is 1. The van der Waals surface area contributed by atoms with Crippen molar-refractivity contribution in [2.75, 3.05) is 11.0 Å². The van der Waals surface area contributed by atoms with Crippen LogP contribution >= 0.6 is 11.6 Å². The lowest BCUT2D eigenvalue weighted by atomic mass is 10.2. The summed E-state index contributed by atoms with van der Waals surface area (Å²) in [6.45, 7) is 0. The second kappa shape index (κ2) is 6.02. The van der Waals surface area contributed by atoms with Gasteiger partial charge in [-0.1, -0.05) is 35.0 Å². The lowest BCUT2D eigenvalue weighted by Crippen LogP contribution is -2.09. The van der Waals surface area contributed by atoms with Crippen LogP contribution in [0.1, 0.15) is 0 Å². The summed E-state index contributed by atoms with van der Waals surface area (Å²) in [6.07, 6.45) is 1.09. The Balaban J connectivity index is 1.95. The Morgan fingerprint density at radius 3 is 2.65 bits per heavy atom. The van der Waals surface area contributed by atoms with Crippen molar-refractivity contribution in [1.29, 1.82) is 0 Å². The predicted molar refractivity (Wildman–Crippen MR) is 88.6 cm³/mol. The Bertz CT molecular complexity index is 954. The fourth-order valence-corrected chi connectivity index (χ4v) is 2.80. The highest BCUT2D eigenvalue weighted by Gasteiger charge is 2.13. The first-order valence-corrected chi connectivity index (χ1v) is 8.86. The molecule has 0 radical (unpaired) electrons. The minimum atomic E-state index is -3.35. The number of sulfonamides is 1. The second-order valence-corrected chi connectivity index (χ2v) is 7.01. The van der Waals surface area contributed by atoms with Crippen LogP contribution in [0, 0.1) is 0 Å². The number of nitrogens with one attached hydrogen (secondary N) is 1. The Morgan fingerprint density at radius 2 is 1.91 bits per heavy atom. The molecule has 8 heteroatoms. The number of hydrogen-bond donors (Lipinski definition) is 1. The third-order valence-electron chi connectivity index (χ3n) is 2.95. The number of aromatic nitrogens is 2. The number of anilines is 1. The molecule has 0 amide bonds. The average molecular weight is 350 g/mol. The van der Waals surface area contributed by atoms with E-state index in [-0.39, 0.29) is 5.89 Å². The zero-order valence-corrected chi connectivity index (χ0v) is 13.6. The van der Waals surface area contributed by atoms with E-state index in [9.17, 15) is 8.42 Å². The van der Waals surface area contributed by atoms with Gasteiger partial charge in [0.05, 0.1) is 11.3 Å². The normalized spacial score (nSPS) is 11.4. The van der Waals surface area contributed by atoms with Gasteiger partial charge in [-0.25, -0.2) is 8.42 Å². The molecule has 0 spiro atoms. The fraction of sp³-hybridized carbons (Fsp3) is 0.0667. The molecule has 3 aromatic rings. The molecule has 118 valence electrons. The standard InChI is InChI=1S/C15H12ClN3O3S/c1-23(20,21)19-11-6-4-5-10(9-11)15-17-14(18-22-15)12-7-2-3-8-13(12)16/h2-9,19H,1H3. The molecule has 2 aromatic carbocycles. The van der Waals surface area contributed by atoms with Gasteiger partial charge < -0.3 is 4.52 Å². The van der Waals surface area contributed by atoms with E-state index in [0.29, 0.717) is 27.7 Å². The van der Waals surface area contributed by atoms with Gasteiger partial charge in [0.15, 0.2) is 0 Å². The molecule has 0 aliphatic carbocycles. The van der Waals surface area contributed by atoms with Crippen LogP contribution in [0.25, 0.3) is 22.8 Å². The molecule has 0 unspecified atom stereocenters. The van der Waals surface area contributed by atoms with Gasteiger partial charge in [-0.2, -0.15) is 4.98 Å². The lowest BCUT2D eigenvalue weighted by Gasteiger charge is -2.04. The fourth-order valence-electron chi connectivity index (χ4n) is 2.02. The van der Waals surface area contributed by atoms with Crippen molar-refractivity contribution >= 4 is 27.3 Å². The highest BCUT2D eigenvalue weighted by atomic mass is 35.5. The number of nitrogens with zero attached hydrogens (tertiary/aromatic N) is 2. The molecular weight excluding hydrogens is 338 g/mol. The van der Waals surface area contributed by atoms with Crippen molar-refractivity contribution in [1.82, 2.24) is 10.1 Å². The molecule has 0 saturated carbocycles. The quantitative estimate of drug-likeness (QED) is 0.780. The molecule has 0 fully saturated rings. The second-order valence-electron chi connectivity index (χ2n) is 4.86. The van der Waals surface area contributed by atoms with Crippen LogP contribution in [0.4, 0.5) is 5.69 Å². The van der Waals surface area contributed by atoms with E-state index in [4.69, 9.17) is 16.1 Å². The van der Waals surface area contributed by atoms with Gasteiger partial charge >= 0.3 is 0 Å². The van der Waals surface area contributed by atoms with Crippen molar-refractivity contribution in [2.45, 2.75) is 0 Å². The van der Waals surface area contributed by atoms with Gasteiger partial charge in [-0.15, -0.1) is 0 Å². The van der Waals surface area contributed by atoms with Crippen LogP contribution in [-0.4, -0.2) is 24.8 Å². The predicted octanol–water partition coefficient (Wildman–Crippen LogP) is 3.43. The average Bonchev–Trinajstić information content (AvgIpc) is 2.96. The first-order valence-electron chi connectivity index (χ1n) is 6.59. The van der Waals surface area contributed by atoms with Crippen LogP contribution in [-0.2, 0) is 10.0 Å². The van der Waals surface area contributed by atoms with Crippen molar-refractivity contribution in [3.63, 3.8) is 0 Å². The van der Waals surface area contributed by atoms with E-state index in [1.165, 1.54) is 0 Å². The summed E-state index contributed by atoms with van der Waals surface area (Å²) < 4.78 is 30.2. The summed E-state index contributed by atoms with van der Waals surface area (Å²) in [5.74, 6) is 0.643. The molecule has 6 nitrogen and oxygen atoms in total. The maximum atomic E-state index is 11.3. The SMILES string of the molecule is CS(=O)(=O)Nc1cccc(-c2nc(-c3ccccc3Cl)no2)c1. The van der Waals surface area contributed by atoms with E-state index in [1.54, 1.807) is 36.4 Å². The third-order valence-corrected chi connectivity index (χ3v) is 3.89. The number of hydrogen-bond acceptors (Lipinski definition) is 5. The minimum absolute atomic E-state index is 0.275. The Morgan fingerprint density at radius 1 is 1.13 bits per heavy atom. The summed E-state index contributed by atoms with van der Waals surface area (Å²) in [5, 5.41) is 4.44. The van der Waals surface area contributed by atoms with Crippen LogP contribution in [0.2, 0.25) is 5.02 Å². The summed E-state index contributed by atoms with van der Waals surface area (Å²) in [5.41, 5.74) is 1.68. The first-order chi connectivity index (χ1) is 10.9. The third kappa shape index (κ3) is 3.69. The van der Waals surface area contributed by atoms with Crippen LogP contribution in [0.5, 0.6) is 0 Å². The maximum absolute atomic E-state index is 11.3. The highest BCUT2D eigenvalue weighted by Crippen LogP contribution is 2.28. The van der Waals surface area contributed by atoms with Crippen molar-refractivity contribution < 1.29 is 12.9 Å². The molecule has 0 aliphatic rings. The van der Waals surface area contributed by atoms with E-state index >= 15 is 0 Å². The van der Waals surface area contributed by atoms with Crippen LogP contribution in [0.15, 0.2) is 53.1 Å². The first kappa shape index (κ1) is 15.5. The summed E-state index contributed by atoms with van der Waals surface area (Å²) in [7, 11) is -3.35. The number of benzene rings is 2. The summed E-state index contributed by atoms with van der Waals surface area (Å²) in [4.78, 5) is 4.31. The van der Waals surface area contributed by atoms with Crippen molar-refractivity contribution in [2.24, 2.45) is 0 Å². The highest BCUT2D eigenvalue weighted by molar-refractivity contribution is 7.92. The van der Waals surface area contributed by atoms with Crippen LogP contribution in [0.3, 0.4) is 0 Å². The number of rotatable bonds is 4. The van der Waals surface area contributed by atoms with E-state index in [0.717, 1.165) is 6.26 Å². The smallest absolute Gasteiger partial charge is 0.258 e. The molecule has 1 heterocycles. The van der Waals surface area contributed by atoms with Gasteiger partial charge in [0.25, 0.3) is 5.89 Å². The molecule has 0 aliphatic heterocycles. The molecule has 23 heavy (non-hydrogen) atoms. The topological polar surface area (TPSA) is 85.1 Å². The molecule has 3 rings (SSSR count). The van der Waals surface area contributed by atoms with E-state index < -0.39 is 10.0 Å². The maximum Gasteiger partial charge on any atom is 0.258 e. The molecule has 1 N–H and O–H groups in total. The van der Waals surface area contributed by atoms with E-state index in [1.807, 2.05) is 12.1 Å². The van der Waals surface area contributed by atoms with Crippen LogP contribution < -0.4 is 4.72 Å². The zero-order chi connectivity index (χ0) is 16.4. The van der Waals surface area contributed by atoms with Crippen molar-refractivity contribution in [3.8, 4) is 22.8 Å². The van der Waals surface area contributed by atoms with Gasteiger partial charge in [0, 0.05) is 16.8 Å². The van der Waals surface area contributed by atoms with Gasteiger partial charge in [0.2, 0.25) is 15.8 Å². The van der Waals surface area contributed by atoms with Gasteiger partial charge in [-0.05, 0) is 30.3 Å². The zero-order valence-electron chi connectivity index (χ0n) is 12.0. The molecule has 0 saturated heterocycles. The van der Waals surface area contributed by atoms with E-state index in [2.05, 4.69) is 14.9 Å². The monoisotopic (exact) mass is 349 g/mol. The largest absolute Gasteiger partial charge is 0.334 e. The van der Waals surface area contributed by atoms with Gasteiger partial charge in [-0.3, -0.25) is 4.72 Å². The molecule has 0 atom stereocenters. The molecule has 1 aromatic heterocycles. The Kier molecular flexibility index (Phi) is 4.06. The molecule has 0 bridgehead atoms. The summed E-state index contributed by atoms with van der Waals surface area (Å²) in [6, 6.07) is 13.9. The van der Waals surface area contributed by atoms with Gasteiger partial charge in [0.1, 0.15) is 0 Å². The lowest BCUT2D eigenvalue weighted by molar-refractivity contribution is 0.432. The molecular formula is C15H12ClN3O3S.